The van der Waals surface area contributed by atoms with Gasteiger partial charge in [-0.2, -0.15) is 0 Å². The third-order valence-corrected chi connectivity index (χ3v) is 9.87. The molecule has 0 aromatic carbocycles. The first-order valence-corrected chi connectivity index (χ1v) is 13.8. The van der Waals surface area contributed by atoms with Crippen LogP contribution in [0, 0.1) is 0 Å². The quantitative estimate of drug-likeness (QED) is 0.486. The summed E-state index contributed by atoms with van der Waals surface area (Å²) in [6.45, 7) is 5.91. The lowest BCUT2D eigenvalue weighted by Crippen LogP contribution is -2.37. The van der Waals surface area contributed by atoms with E-state index in [1.807, 2.05) is 23.5 Å². The highest BCUT2D eigenvalue weighted by Gasteiger charge is 2.26. The van der Waals surface area contributed by atoms with E-state index in [1.54, 1.807) is 23.3 Å². The number of thiophene rings is 2. The number of aromatic nitrogens is 1. The number of hydrogen-bond donors (Lipinski definition) is 1. The van der Waals surface area contributed by atoms with Crippen LogP contribution in [0.4, 0.5) is 9.80 Å². The number of carbonyl (C=O) groups is 2. The molecule has 34 heavy (non-hydrogen) atoms. The molecule has 0 saturated carbocycles. The van der Waals surface area contributed by atoms with Crippen LogP contribution in [0.5, 0.6) is 0 Å². The summed E-state index contributed by atoms with van der Waals surface area (Å²) < 4.78 is 2.17. The number of fused-ring (bicyclic) bond motifs is 2. The van der Waals surface area contributed by atoms with Crippen LogP contribution in [0.2, 0.25) is 0 Å². The minimum Gasteiger partial charge on any atom is -0.333 e. The molecular formula is C26H32N4O2S2. The number of aryl methyl sites for hydroxylation is 1. The Bertz CT molecular complexity index is 1180. The van der Waals surface area contributed by atoms with Gasteiger partial charge in [-0.25, -0.2) is 4.79 Å². The maximum atomic E-state index is 13.2. The van der Waals surface area contributed by atoms with Crippen LogP contribution in [0.25, 0.3) is 5.00 Å². The summed E-state index contributed by atoms with van der Waals surface area (Å²) in [5, 5.41) is 5.14. The number of hydrogen-bond acceptors (Lipinski definition) is 5. The molecule has 1 aliphatic carbocycles. The second-order valence-electron chi connectivity index (χ2n) is 9.08. The Morgan fingerprint density at radius 3 is 2.56 bits per heavy atom. The van der Waals surface area contributed by atoms with Crippen molar-refractivity contribution in [1.82, 2.24) is 14.8 Å². The fraction of sp³-hybridized carbons (Fsp3) is 0.462. The van der Waals surface area contributed by atoms with Crippen molar-refractivity contribution in [3.63, 3.8) is 0 Å². The van der Waals surface area contributed by atoms with Crippen molar-refractivity contribution in [2.45, 2.75) is 52.0 Å². The largest absolute Gasteiger partial charge is 0.333 e. The van der Waals surface area contributed by atoms with E-state index in [0.717, 1.165) is 75.0 Å². The van der Waals surface area contributed by atoms with E-state index in [-0.39, 0.29) is 6.03 Å². The fourth-order valence-electron chi connectivity index (χ4n) is 5.17. The van der Waals surface area contributed by atoms with Crippen LogP contribution in [-0.4, -0.2) is 48.5 Å². The van der Waals surface area contributed by atoms with Gasteiger partial charge in [0.1, 0.15) is 10.0 Å². The van der Waals surface area contributed by atoms with Crippen molar-refractivity contribution < 1.29 is 9.59 Å². The Hall–Kier alpha value is -2.42. The number of amides is 2. The minimum atomic E-state index is -0.163. The Labute approximate surface area is 209 Å². The standard InChI is InChI=1S/C26H32N4O2S2/c1-3-29-14-10-19-20(25(30-12-6-7-13-30)34-23(19)11-15-29)16-27-26(32)28(2)24-21(17-31)18-8-4-5-9-22(18)33-24/h6-7,12-13,17H,3-5,8-11,14-16H2,1-2H3,(H,27,32). The molecule has 0 atom stereocenters. The first-order chi connectivity index (χ1) is 16.6. The van der Waals surface area contributed by atoms with E-state index < -0.39 is 0 Å². The van der Waals surface area contributed by atoms with Gasteiger partial charge in [0.2, 0.25) is 0 Å². The molecule has 5 rings (SSSR count). The second kappa shape index (κ2) is 10.1. The predicted molar refractivity (Wildman–Crippen MR) is 140 cm³/mol. The molecule has 8 heteroatoms. The third-order valence-electron chi connectivity index (χ3n) is 7.13. The number of urea groups is 1. The average molecular weight is 497 g/mol. The van der Waals surface area contributed by atoms with Gasteiger partial charge >= 0.3 is 6.03 Å². The summed E-state index contributed by atoms with van der Waals surface area (Å²) >= 11 is 3.46. The van der Waals surface area contributed by atoms with Crippen molar-refractivity contribution in [2.24, 2.45) is 0 Å². The molecule has 1 N–H and O–H groups in total. The molecule has 6 nitrogen and oxygen atoms in total. The molecule has 0 unspecified atom stereocenters. The molecular weight excluding hydrogens is 464 g/mol. The molecule has 4 heterocycles. The molecule has 3 aromatic rings. The van der Waals surface area contributed by atoms with Crippen LogP contribution < -0.4 is 10.2 Å². The Morgan fingerprint density at radius 2 is 1.79 bits per heavy atom. The first kappa shape index (κ1) is 23.3. The molecule has 0 saturated heterocycles. The molecule has 1 aliphatic heterocycles. The molecule has 2 amide bonds. The maximum Gasteiger partial charge on any atom is 0.322 e. The summed E-state index contributed by atoms with van der Waals surface area (Å²) in [5.41, 5.74) is 4.47. The normalized spacial score (nSPS) is 15.9. The van der Waals surface area contributed by atoms with Crippen molar-refractivity contribution in [3.8, 4) is 5.00 Å². The highest BCUT2D eigenvalue weighted by molar-refractivity contribution is 7.17. The number of carbonyl (C=O) groups excluding carboxylic acids is 2. The lowest BCUT2D eigenvalue weighted by molar-refractivity contribution is 0.112. The van der Waals surface area contributed by atoms with Gasteiger partial charge in [0, 0.05) is 54.4 Å². The Morgan fingerprint density at radius 1 is 1.06 bits per heavy atom. The third kappa shape index (κ3) is 4.34. The van der Waals surface area contributed by atoms with Crippen LogP contribution in [-0.2, 0) is 32.2 Å². The van der Waals surface area contributed by atoms with Gasteiger partial charge in [0.05, 0.1) is 5.56 Å². The van der Waals surface area contributed by atoms with Crippen LogP contribution in [0.3, 0.4) is 0 Å². The zero-order valence-corrected chi connectivity index (χ0v) is 21.6. The number of anilines is 1. The van der Waals surface area contributed by atoms with Gasteiger partial charge < -0.3 is 14.8 Å². The summed E-state index contributed by atoms with van der Waals surface area (Å²) in [6, 6.07) is 3.92. The van der Waals surface area contributed by atoms with Crippen LogP contribution in [0.1, 0.15) is 56.6 Å². The maximum absolute atomic E-state index is 13.2. The predicted octanol–water partition coefficient (Wildman–Crippen LogP) is 5.06. The SMILES string of the molecule is CCN1CCc2sc(-n3cccc3)c(CNC(=O)N(C)c3sc4c(c3C=O)CCCC4)c2CC1. The van der Waals surface area contributed by atoms with Crippen LogP contribution >= 0.6 is 22.7 Å². The monoisotopic (exact) mass is 496 g/mol. The zero-order valence-electron chi connectivity index (χ0n) is 19.9. The Kier molecular flexibility index (Phi) is 6.90. The van der Waals surface area contributed by atoms with E-state index in [0.29, 0.717) is 12.1 Å². The van der Waals surface area contributed by atoms with Gasteiger partial charge in [-0.3, -0.25) is 9.69 Å². The number of rotatable bonds is 6. The highest BCUT2D eigenvalue weighted by Crippen LogP contribution is 2.39. The molecule has 2 aliphatic rings. The van der Waals surface area contributed by atoms with Gasteiger partial charge in [-0.05, 0) is 68.3 Å². The molecule has 0 radical (unpaired) electrons. The zero-order chi connectivity index (χ0) is 23.7. The van der Waals surface area contributed by atoms with E-state index in [9.17, 15) is 9.59 Å². The molecule has 0 bridgehead atoms. The fourth-order valence-corrected chi connectivity index (χ4v) is 7.81. The number of likely N-dealkylation sites (N-methyl/N-ethyl adjacent to an activating group) is 1. The van der Waals surface area contributed by atoms with Gasteiger partial charge in [-0.15, -0.1) is 22.7 Å². The highest BCUT2D eigenvalue weighted by atomic mass is 32.1. The van der Waals surface area contributed by atoms with Gasteiger partial charge in [0.15, 0.2) is 6.29 Å². The van der Waals surface area contributed by atoms with Crippen LogP contribution in [0.15, 0.2) is 24.5 Å². The number of nitrogens with zero attached hydrogens (tertiary/aromatic N) is 3. The van der Waals surface area contributed by atoms with E-state index in [1.165, 1.54) is 25.9 Å². The molecule has 0 fully saturated rings. The summed E-state index contributed by atoms with van der Waals surface area (Å²) in [4.78, 5) is 32.0. The van der Waals surface area contributed by atoms with Crippen molar-refractivity contribution in [1.29, 1.82) is 0 Å². The number of nitrogens with one attached hydrogen (secondary N) is 1. The van der Waals surface area contributed by atoms with E-state index >= 15 is 0 Å². The first-order valence-electron chi connectivity index (χ1n) is 12.2. The molecule has 180 valence electrons. The van der Waals surface area contributed by atoms with Crippen molar-refractivity contribution in [2.75, 3.05) is 31.6 Å². The smallest absolute Gasteiger partial charge is 0.322 e. The van der Waals surface area contributed by atoms with E-state index in [2.05, 4.69) is 34.1 Å². The average Bonchev–Trinajstić information content (AvgIpc) is 3.56. The van der Waals surface area contributed by atoms with Crippen molar-refractivity contribution >= 4 is 40.0 Å². The van der Waals surface area contributed by atoms with E-state index in [4.69, 9.17) is 0 Å². The van der Waals surface area contributed by atoms with Crippen molar-refractivity contribution in [3.05, 3.63) is 56.5 Å². The lowest BCUT2D eigenvalue weighted by atomic mass is 9.96. The number of aldehydes is 1. The topological polar surface area (TPSA) is 57.6 Å². The molecule has 0 spiro atoms. The molecule has 3 aromatic heterocycles. The van der Waals surface area contributed by atoms with Gasteiger partial charge in [-0.1, -0.05) is 6.92 Å². The summed E-state index contributed by atoms with van der Waals surface area (Å²) in [5.74, 6) is 0. The summed E-state index contributed by atoms with van der Waals surface area (Å²) in [7, 11) is 1.78. The van der Waals surface area contributed by atoms with Gasteiger partial charge in [0.25, 0.3) is 0 Å². The lowest BCUT2D eigenvalue weighted by Gasteiger charge is -2.19. The minimum absolute atomic E-state index is 0.163. The Balaban J connectivity index is 1.39. The second-order valence-corrected chi connectivity index (χ2v) is 11.2. The summed E-state index contributed by atoms with van der Waals surface area (Å²) in [6.07, 6.45) is 11.4.